The Morgan fingerprint density at radius 2 is 2.22 bits per heavy atom. The fourth-order valence-corrected chi connectivity index (χ4v) is 4.32. The smallest absolute Gasteiger partial charge is 0.194 e. The zero-order chi connectivity index (χ0) is 19.1. The molecular formula is C20H34N4O2S. The first-order chi connectivity index (χ1) is 13.2. The topological polar surface area (TPSA) is 59.0 Å². The summed E-state index contributed by atoms with van der Waals surface area (Å²) < 4.78 is 11.7. The number of rotatable bonds is 7. The van der Waals surface area contributed by atoms with Crippen LogP contribution in [-0.2, 0) is 16.0 Å². The predicted molar refractivity (Wildman–Crippen MR) is 111 cm³/mol. The number of thiazole rings is 1. The number of hydrogen-bond donors (Lipinski definition) is 1. The second-order valence-electron chi connectivity index (χ2n) is 7.66. The highest BCUT2D eigenvalue weighted by molar-refractivity contribution is 7.09. The number of nitrogens with one attached hydrogen (secondary N) is 1. The molecule has 0 spiro atoms. The summed E-state index contributed by atoms with van der Waals surface area (Å²) in [5, 5.41) is 6.76. The van der Waals surface area contributed by atoms with Gasteiger partial charge in [-0.05, 0) is 32.6 Å². The lowest BCUT2D eigenvalue weighted by atomic mass is 10.1. The van der Waals surface area contributed by atoms with Crippen LogP contribution in [0.25, 0.3) is 0 Å². The van der Waals surface area contributed by atoms with E-state index in [9.17, 15) is 0 Å². The molecule has 0 amide bonds. The molecule has 7 heteroatoms. The number of aromatic nitrogens is 1. The van der Waals surface area contributed by atoms with Crippen molar-refractivity contribution in [1.29, 1.82) is 0 Å². The van der Waals surface area contributed by atoms with Gasteiger partial charge in [-0.3, -0.25) is 0 Å². The molecule has 1 N–H and O–H groups in total. The molecule has 0 saturated carbocycles. The molecule has 2 aliphatic rings. The van der Waals surface area contributed by atoms with Gasteiger partial charge >= 0.3 is 0 Å². The van der Waals surface area contributed by atoms with Crippen molar-refractivity contribution in [3.8, 4) is 0 Å². The summed E-state index contributed by atoms with van der Waals surface area (Å²) >= 11 is 1.73. The maximum atomic E-state index is 6.09. The molecule has 1 aromatic heterocycles. The van der Waals surface area contributed by atoms with E-state index >= 15 is 0 Å². The van der Waals surface area contributed by atoms with Crippen molar-refractivity contribution in [3.63, 3.8) is 0 Å². The second-order valence-corrected chi connectivity index (χ2v) is 8.55. The lowest BCUT2D eigenvalue weighted by Crippen LogP contribution is -2.47. The van der Waals surface area contributed by atoms with Crippen molar-refractivity contribution in [3.05, 3.63) is 16.1 Å². The molecule has 2 aliphatic heterocycles. The highest BCUT2D eigenvalue weighted by atomic mass is 32.1. The number of nitrogens with zero attached hydrogens (tertiary/aromatic N) is 3. The van der Waals surface area contributed by atoms with E-state index in [0.717, 1.165) is 63.8 Å². The molecule has 0 bridgehead atoms. The van der Waals surface area contributed by atoms with E-state index in [2.05, 4.69) is 36.4 Å². The Bertz CT molecular complexity index is 591. The van der Waals surface area contributed by atoms with E-state index in [0.29, 0.717) is 24.7 Å². The minimum absolute atomic E-state index is 0.316. The first-order valence-corrected chi connectivity index (χ1v) is 11.2. The molecular weight excluding hydrogens is 360 g/mol. The Labute approximate surface area is 167 Å². The molecule has 152 valence electrons. The van der Waals surface area contributed by atoms with E-state index in [4.69, 9.17) is 19.5 Å². The number of piperidine rings is 1. The van der Waals surface area contributed by atoms with Crippen molar-refractivity contribution in [2.45, 2.75) is 71.1 Å². The van der Waals surface area contributed by atoms with Crippen molar-refractivity contribution in [2.24, 2.45) is 4.99 Å². The van der Waals surface area contributed by atoms with Gasteiger partial charge in [0.15, 0.2) is 5.96 Å². The third kappa shape index (κ3) is 6.16. The minimum Gasteiger partial charge on any atom is -0.376 e. The SMILES string of the molecule is CCNC(=NCc1csc(C(C)C)n1)N1CCC(OCC2CCCO2)CC1. The molecule has 3 heterocycles. The van der Waals surface area contributed by atoms with Gasteiger partial charge < -0.3 is 19.7 Å². The Morgan fingerprint density at radius 1 is 1.41 bits per heavy atom. The third-order valence-corrected chi connectivity index (χ3v) is 6.27. The molecule has 27 heavy (non-hydrogen) atoms. The van der Waals surface area contributed by atoms with Gasteiger partial charge in [0, 0.05) is 37.5 Å². The van der Waals surface area contributed by atoms with Gasteiger partial charge in [-0.1, -0.05) is 13.8 Å². The molecule has 2 saturated heterocycles. The largest absolute Gasteiger partial charge is 0.376 e. The maximum absolute atomic E-state index is 6.09. The van der Waals surface area contributed by atoms with Gasteiger partial charge in [0.1, 0.15) is 0 Å². The monoisotopic (exact) mass is 394 g/mol. The molecule has 0 radical (unpaired) electrons. The number of guanidine groups is 1. The first-order valence-electron chi connectivity index (χ1n) is 10.4. The molecule has 0 aromatic carbocycles. The van der Waals surface area contributed by atoms with Gasteiger partial charge in [0.05, 0.1) is 36.1 Å². The second kappa shape index (κ2) is 10.4. The number of ether oxygens (including phenoxy) is 2. The molecule has 1 aromatic rings. The number of likely N-dealkylation sites (tertiary alicyclic amines) is 1. The highest BCUT2D eigenvalue weighted by Gasteiger charge is 2.24. The summed E-state index contributed by atoms with van der Waals surface area (Å²) in [4.78, 5) is 11.9. The number of aliphatic imine (C=N–C) groups is 1. The van der Waals surface area contributed by atoms with Crippen LogP contribution in [0.5, 0.6) is 0 Å². The van der Waals surface area contributed by atoms with Gasteiger partial charge in [-0.15, -0.1) is 11.3 Å². The molecule has 1 unspecified atom stereocenters. The van der Waals surface area contributed by atoms with Crippen LogP contribution >= 0.6 is 11.3 Å². The Balaban J connectivity index is 1.47. The van der Waals surface area contributed by atoms with Crippen LogP contribution in [0.2, 0.25) is 0 Å². The lowest BCUT2D eigenvalue weighted by molar-refractivity contribution is -0.0367. The van der Waals surface area contributed by atoms with E-state index in [1.165, 1.54) is 11.4 Å². The average Bonchev–Trinajstić information content (AvgIpc) is 3.36. The van der Waals surface area contributed by atoms with Crippen LogP contribution in [0, 0.1) is 0 Å². The van der Waals surface area contributed by atoms with E-state index < -0.39 is 0 Å². The van der Waals surface area contributed by atoms with E-state index in [1.54, 1.807) is 11.3 Å². The quantitative estimate of drug-likeness (QED) is 0.567. The summed E-state index contributed by atoms with van der Waals surface area (Å²) in [5.74, 6) is 1.48. The maximum Gasteiger partial charge on any atom is 0.194 e. The minimum atomic E-state index is 0.316. The van der Waals surface area contributed by atoms with Gasteiger partial charge in [-0.2, -0.15) is 0 Å². The molecule has 2 fully saturated rings. The van der Waals surface area contributed by atoms with Gasteiger partial charge in [0.2, 0.25) is 0 Å². The van der Waals surface area contributed by atoms with Crippen LogP contribution < -0.4 is 5.32 Å². The van der Waals surface area contributed by atoms with E-state index in [1.807, 2.05) is 0 Å². The van der Waals surface area contributed by atoms with Gasteiger partial charge in [-0.25, -0.2) is 9.98 Å². The summed E-state index contributed by atoms with van der Waals surface area (Å²) in [7, 11) is 0. The van der Waals surface area contributed by atoms with Crippen LogP contribution in [0.4, 0.5) is 0 Å². The van der Waals surface area contributed by atoms with Crippen molar-refractivity contribution in [1.82, 2.24) is 15.2 Å². The normalized spacial score (nSPS) is 22.0. The fraction of sp³-hybridized carbons (Fsp3) is 0.800. The Morgan fingerprint density at radius 3 is 2.85 bits per heavy atom. The standard InChI is InChI=1S/C20H34N4O2S/c1-4-21-20(22-12-16-14-27-19(23-16)15(2)3)24-9-7-17(8-10-24)26-13-18-6-5-11-25-18/h14-15,17-18H,4-13H2,1-3H3,(H,21,22). The van der Waals surface area contributed by atoms with E-state index in [-0.39, 0.29) is 0 Å². The number of hydrogen-bond acceptors (Lipinski definition) is 5. The zero-order valence-electron chi connectivity index (χ0n) is 16.9. The van der Waals surface area contributed by atoms with Crippen LogP contribution in [0.3, 0.4) is 0 Å². The highest BCUT2D eigenvalue weighted by Crippen LogP contribution is 2.20. The van der Waals surface area contributed by atoms with Crippen molar-refractivity contribution >= 4 is 17.3 Å². The average molecular weight is 395 g/mol. The summed E-state index contributed by atoms with van der Waals surface area (Å²) in [6.45, 7) is 11.6. The lowest BCUT2D eigenvalue weighted by Gasteiger charge is -2.34. The van der Waals surface area contributed by atoms with Crippen LogP contribution in [0.1, 0.15) is 63.1 Å². The Kier molecular flexibility index (Phi) is 7.91. The molecule has 0 aliphatic carbocycles. The summed E-state index contributed by atoms with van der Waals surface area (Å²) in [5.41, 5.74) is 1.06. The first kappa shape index (κ1) is 20.6. The van der Waals surface area contributed by atoms with Crippen LogP contribution in [-0.4, -0.2) is 60.9 Å². The molecule has 1 atom stereocenters. The summed E-state index contributed by atoms with van der Waals surface area (Å²) in [6, 6.07) is 0. The van der Waals surface area contributed by atoms with Crippen molar-refractivity contribution < 1.29 is 9.47 Å². The molecule has 3 rings (SSSR count). The fourth-order valence-electron chi connectivity index (χ4n) is 3.50. The van der Waals surface area contributed by atoms with Crippen LogP contribution in [0.15, 0.2) is 10.4 Å². The third-order valence-electron chi connectivity index (χ3n) is 5.07. The van der Waals surface area contributed by atoms with Gasteiger partial charge in [0.25, 0.3) is 0 Å². The Hall–Kier alpha value is -1.18. The van der Waals surface area contributed by atoms with Crippen molar-refractivity contribution in [2.75, 3.05) is 32.8 Å². The zero-order valence-corrected chi connectivity index (χ0v) is 17.8. The summed E-state index contributed by atoms with van der Waals surface area (Å²) in [6.07, 6.45) is 5.07. The molecule has 6 nitrogen and oxygen atoms in total. The predicted octanol–water partition coefficient (Wildman–Crippen LogP) is 3.39.